The lowest BCUT2D eigenvalue weighted by Crippen LogP contribution is -2.49. The second-order valence-electron chi connectivity index (χ2n) is 6.05. The number of amides is 1. The zero-order valence-electron chi connectivity index (χ0n) is 13.7. The van der Waals surface area contributed by atoms with E-state index in [0.717, 1.165) is 37.4 Å². The fourth-order valence-electron chi connectivity index (χ4n) is 3.02. The Morgan fingerprint density at radius 1 is 1.26 bits per heavy atom. The Kier molecular flexibility index (Phi) is 4.71. The van der Waals surface area contributed by atoms with Crippen LogP contribution in [0, 0.1) is 0 Å². The van der Waals surface area contributed by atoms with Crippen molar-refractivity contribution in [1.82, 2.24) is 24.6 Å². The van der Waals surface area contributed by atoms with Crippen molar-refractivity contribution in [3.63, 3.8) is 0 Å². The van der Waals surface area contributed by atoms with Gasteiger partial charge in [0.05, 0.1) is 18.3 Å². The van der Waals surface area contributed by atoms with E-state index in [1.165, 1.54) is 0 Å². The van der Waals surface area contributed by atoms with Gasteiger partial charge in [-0.1, -0.05) is 6.07 Å². The molecule has 0 unspecified atom stereocenters. The summed E-state index contributed by atoms with van der Waals surface area (Å²) in [7, 11) is 1.87. The molecule has 6 heteroatoms. The van der Waals surface area contributed by atoms with E-state index in [1.54, 1.807) is 10.9 Å². The highest BCUT2D eigenvalue weighted by Gasteiger charge is 2.25. The third kappa shape index (κ3) is 3.76. The minimum atomic E-state index is 0.183. The topological polar surface area (TPSA) is 54.3 Å². The minimum Gasteiger partial charge on any atom is -0.340 e. The normalized spacial score (nSPS) is 17.2. The molecule has 1 amide bonds. The van der Waals surface area contributed by atoms with E-state index >= 15 is 0 Å². The first-order chi connectivity index (χ1) is 11.1. The predicted molar refractivity (Wildman–Crippen MR) is 87.7 cm³/mol. The van der Waals surface area contributed by atoms with E-state index in [-0.39, 0.29) is 11.9 Å². The van der Waals surface area contributed by atoms with Crippen LogP contribution in [0.15, 0.2) is 36.8 Å². The maximum Gasteiger partial charge on any atom is 0.227 e. The van der Waals surface area contributed by atoms with Crippen molar-refractivity contribution in [2.24, 2.45) is 7.05 Å². The monoisotopic (exact) mass is 313 g/mol. The van der Waals surface area contributed by atoms with Gasteiger partial charge in [-0.15, -0.1) is 0 Å². The second kappa shape index (κ2) is 6.91. The van der Waals surface area contributed by atoms with E-state index in [9.17, 15) is 4.79 Å². The summed E-state index contributed by atoms with van der Waals surface area (Å²) in [6.07, 6.45) is 5.93. The molecule has 2 aromatic heterocycles. The highest BCUT2D eigenvalue weighted by molar-refractivity contribution is 5.78. The molecule has 0 radical (unpaired) electrons. The Hall–Kier alpha value is -2.21. The molecular weight excluding hydrogens is 290 g/mol. The third-order valence-electron chi connectivity index (χ3n) is 4.44. The Bertz CT molecular complexity index is 646. The molecule has 0 aliphatic carbocycles. The molecule has 23 heavy (non-hydrogen) atoms. The lowest BCUT2D eigenvalue weighted by Gasteiger charge is -2.37. The van der Waals surface area contributed by atoms with Crippen LogP contribution in [0.1, 0.15) is 24.2 Å². The molecule has 0 N–H and O–H groups in total. The second-order valence-corrected chi connectivity index (χ2v) is 6.05. The number of pyridine rings is 1. The van der Waals surface area contributed by atoms with E-state index in [1.807, 2.05) is 36.5 Å². The number of carbonyl (C=O) groups excluding carboxylic acids is 1. The van der Waals surface area contributed by atoms with Crippen molar-refractivity contribution < 1.29 is 4.79 Å². The van der Waals surface area contributed by atoms with Crippen molar-refractivity contribution in [3.8, 4) is 0 Å². The summed E-state index contributed by atoms with van der Waals surface area (Å²) in [5.74, 6) is 0.183. The summed E-state index contributed by atoms with van der Waals surface area (Å²) >= 11 is 0. The summed E-state index contributed by atoms with van der Waals surface area (Å²) in [4.78, 5) is 21.2. The number of nitrogens with zero attached hydrogens (tertiary/aromatic N) is 5. The van der Waals surface area contributed by atoms with Gasteiger partial charge >= 0.3 is 0 Å². The molecule has 3 rings (SSSR count). The fraction of sp³-hybridized carbons (Fsp3) is 0.471. The third-order valence-corrected chi connectivity index (χ3v) is 4.44. The van der Waals surface area contributed by atoms with Gasteiger partial charge in [-0.3, -0.25) is 19.4 Å². The van der Waals surface area contributed by atoms with Gasteiger partial charge in [-0.05, 0) is 24.6 Å². The van der Waals surface area contributed by atoms with Crippen molar-refractivity contribution >= 4 is 5.91 Å². The van der Waals surface area contributed by atoms with Gasteiger partial charge in [0.2, 0.25) is 5.91 Å². The number of hydrogen-bond donors (Lipinski definition) is 0. The van der Waals surface area contributed by atoms with Crippen molar-refractivity contribution in [2.75, 3.05) is 26.2 Å². The molecule has 1 aliphatic heterocycles. The molecule has 1 atom stereocenters. The predicted octanol–water partition coefficient (Wildman–Crippen LogP) is 1.26. The molecule has 122 valence electrons. The van der Waals surface area contributed by atoms with E-state index in [4.69, 9.17) is 0 Å². The maximum atomic E-state index is 12.4. The van der Waals surface area contributed by atoms with Crippen LogP contribution < -0.4 is 0 Å². The molecule has 1 aliphatic rings. The van der Waals surface area contributed by atoms with Crippen LogP contribution in [-0.2, 0) is 18.3 Å². The Morgan fingerprint density at radius 2 is 2.04 bits per heavy atom. The summed E-state index contributed by atoms with van der Waals surface area (Å²) in [6.45, 7) is 5.50. The molecule has 6 nitrogen and oxygen atoms in total. The molecule has 2 aromatic rings. The van der Waals surface area contributed by atoms with Gasteiger partial charge in [-0.25, -0.2) is 0 Å². The van der Waals surface area contributed by atoms with Crippen LogP contribution in [0.4, 0.5) is 0 Å². The molecular formula is C17H23N5O. The largest absolute Gasteiger partial charge is 0.340 e. The first kappa shape index (κ1) is 15.7. The molecule has 3 heterocycles. The fourth-order valence-corrected chi connectivity index (χ4v) is 3.02. The van der Waals surface area contributed by atoms with E-state index in [2.05, 4.69) is 28.0 Å². The summed E-state index contributed by atoms with van der Waals surface area (Å²) < 4.78 is 1.73. The average Bonchev–Trinajstić information content (AvgIpc) is 3.00. The molecule has 1 saturated heterocycles. The number of rotatable bonds is 4. The van der Waals surface area contributed by atoms with Gasteiger partial charge in [0, 0.05) is 51.7 Å². The number of hydrogen-bond acceptors (Lipinski definition) is 4. The molecule has 1 fully saturated rings. The highest BCUT2D eigenvalue weighted by atomic mass is 16.2. The van der Waals surface area contributed by atoms with Gasteiger partial charge in [-0.2, -0.15) is 5.10 Å². The summed E-state index contributed by atoms with van der Waals surface area (Å²) in [6, 6.07) is 6.30. The van der Waals surface area contributed by atoms with Gasteiger partial charge in [0.25, 0.3) is 0 Å². The van der Waals surface area contributed by atoms with Crippen LogP contribution >= 0.6 is 0 Å². The lowest BCUT2D eigenvalue weighted by molar-refractivity contribution is -0.132. The maximum absolute atomic E-state index is 12.4. The number of carbonyl (C=O) groups is 1. The Balaban J connectivity index is 1.53. The Labute approximate surface area is 136 Å². The van der Waals surface area contributed by atoms with Crippen molar-refractivity contribution in [3.05, 3.63) is 48.0 Å². The zero-order valence-corrected chi connectivity index (χ0v) is 13.7. The summed E-state index contributed by atoms with van der Waals surface area (Å²) in [5.41, 5.74) is 2.06. The van der Waals surface area contributed by atoms with E-state index < -0.39 is 0 Å². The SMILES string of the molecule is C[C@H](c1ccccn1)N1CCN(C(=O)Cc2cnn(C)c2)CC1. The number of piperazine rings is 1. The van der Waals surface area contributed by atoms with Crippen LogP contribution in [-0.4, -0.2) is 56.7 Å². The average molecular weight is 313 g/mol. The van der Waals surface area contributed by atoms with Crippen LogP contribution in [0.3, 0.4) is 0 Å². The minimum absolute atomic E-state index is 0.183. The van der Waals surface area contributed by atoms with Crippen LogP contribution in [0.2, 0.25) is 0 Å². The molecule has 0 aromatic carbocycles. The zero-order chi connectivity index (χ0) is 16.2. The van der Waals surface area contributed by atoms with Gasteiger partial charge in [0.1, 0.15) is 0 Å². The standard InChI is InChI=1S/C17H23N5O/c1-14(16-5-3-4-6-18-16)21-7-9-22(10-8-21)17(23)11-15-12-19-20(2)13-15/h3-6,12-14H,7-11H2,1-2H3/t14-/m1/s1. The number of aryl methyl sites for hydroxylation is 1. The smallest absolute Gasteiger partial charge is 0.227 e. The van der Waals surface area contributed by atoms with Gasteiger partial charge < -0.3 is 4.90 Å². The van der Waals surface area contributed by atoms with Crippen LogP contribution in [0.25, 0.3) is 0 Å². The number of aromatic nitrogens is 3. The van der Waals surface area contributed by atoms with Crippen LogP contribution in [0.5, 0.6) is 0 Å². The van der Waals surface area contributed by atoms with Crippen molar-refractivity contribution in [2.45, 2.75) is 19.4 Å². The van der Waals surface area contributed by atoms with Gasteiger partial charge in [0.15, 0.2) is 0 Å². The highest BCUT2D eigenvalue weighted by Crippen LogP contribution is 2.19. The molecule has 0 saturated carbocycles. The Morgan fingerprint density at radius 3 is 2.65 bits per heavy atom. The first-order valence-electron chi connectivity index (χ1n) is 8.04. The first-order valence-corrected chi connectivity index (χ1v) is 8.04. The molecule has 0 spiro atoms. The quantitative estimate of drug-likeness (QED) is 0.853. The summed E-state index contributed by atoms with van der Waals surface area (Å²) in [5, 5.41) is 4.11. The lowest BCUT2D eigenvalue weighted by atomic mass is 10.1. The van der Waals surface area contributed by atoms with Crippen molar-refractivity contribution in [1.29, 1.82) is 0 Å². The molecule has 0 bridgehead atoms. The van der Waals surface area contributed by atoms with E-state index in [0.29, 0.717) is 6.42 Å².